The molecular formula is C26H48O2Si. The summed E-state index contributed by atoms with van der Waals surface area (Å²) < 4.78 is 6.56. The van der Waals surface area contributed by atoms with Crippen LogP contribution in [0, 0.1) is 23.7 Å². The molecule has 0 aromatic carbocycles. The second-order valence-corrected chi connectivity index (χ2v) is 14.4. The molecule has 0 aliphatic heterocycles. The highest BCUT2D eigenvalue weighted by Crippen LogP contribution is 2.37. The Balaban J connectivity index is 4.02. The third-order valence-electron chi connectivity index (χ3n) is 5.76. The van der Waals surface area contributed by atoms with Gasteiger partial charge in [-0.2, -0.15) is 0 Å². The zero-order valence-electron chi connectivity index (χ0n) is 20.3. The Morgan fingerprint density at radius 1 is 0.793 bits per heavy atom. The van der Waals surface area contributed by atoms with Gasteiger partial charge >= 0.3 is 0 Å². The van der Waals surface area contributed by atoms with Crippen molar-refractivity contribution in [3.8, 4) is 23.7 Å². The van der Waals surface area contributed by atoms with Crippen LogP contribution in [0.2, 0.25) is 18.1 Å². The molecule has 1 N–H and O–H groups in total. The first-order valence-corrected chi connectivity index (χ1v) is 14.9. The first-order chi connectivity index (χ1) is 13.7. The number of unbranched alkanes of at least 4 members (excludes halogenated alkanes) is 9. The fourth-order valence-corrected chi connectivity index (χ4v) is 3.97. The monoisotopic (exact) mass is 420 g/mol. The SMILES string of the molecule is CCCC[C@H](C#CCCCCCCCC#CCCCCO)O[Si](C)(C)C(C)(C)C. The van der Waals surface area contributed by atoms with Crippen molar-refractivity contribution in [3.63, 3.8) is 0 Å². The van der Waals surface area contributed by atoms with Gasteiger partial charge in [0.05, 0.1) is 0 Å². The molecule has 0 aliphatic rings. The van der Waals surface area contributed by atoms with Gasteiger partial charge in [0.2, 0.25) is 0 Å². The Kier molecular flexibility index (Phi) is 16.6. The van der Waals surface area contributed by atoms with Crippen molar-refractivity contribution in [2.75, 3.05) is 6.61 Å². The lowest BCUT2D eigenvalue weighted by Crippen LogP contribution is -2.43. The number of hydrogen-bond acceptors (Lipinski definition) is 2. The van der Waals surface area contributed by atoms with Crippen LogP contribution in [0.5, 0.6) is 0 Å². The van der Waals surface area contributed by atoms with Crippen molar-refractivity contribution in [2.24, 2.45) is 0 Å². The average Bonchev–Trinajstić information content (AvgIpc) is 2.65. The summed E-state index contributed by atoms with van der Waals surface area (Å²) in [6.07, 6.45) is 14.6. The van der Waals surface area contributed by atoms with Gasteiger partial charge < -0.3 is 9.53 Å². The van der Waals surface area contributed by atoms with Gasteiger partial charge in [-0.15, -0.1) is 17.8 Å². The molecule has 0 unspecified atom stereocenters. The highest BCUT2D eigenvalue weighted by atomic mass is 28.4. The molecule has 0 bridgehead atoms. The number of hydrogen-bond donors (Lipinski definition) is 1. The second-order valence-electron chi connectivity index (χ2n) is 9.63. The largest absolute Gasteiger partial charge is 0.403 e. The first kappa shape index (κ1) is 28.3. The van der Waals surface area contributed by atoms with Crippen LogP contribution in [0.15, 0.2) is 0 Å². The highest BCUT2D eigenvalue weighted by Gasteiger charge is 2.38. The predicted molar refractivity (Wildman–Crippen MR) is 130 cm³/mol. The fourth-order valence-electron chi connectivity index (χ4n) is 2.73. The molecule has 168 valence electrons. The lowest BCUT2D eigenvalue weighted by atomic mass is 10.1. The molecule has 2 nitrogen and oxygen atoms in total. The van der Waals surface area contributed by atoms with Crippen molar-refractivity contribution in [3.05, 3.63) is 0 Å². The van der Waals surface area contributed by atoms with Crippen LogP contribution in [0.3, 0.4) is 0 Å². The van der Waals surface area contributed by atoms with Gasteiger partial charge in [-0.25, -0.2) is 0 Å². The first-order valence-electron chi connectivity index (χ1n) is 12.0. The third-order valence-corrected chi connectivity index (χ3v) is 10.3. The topological polar surface area (TPSA) is 29.5 Å². The number of aliphatic hydroxyl groups excluding tert-OH is 1. The van der Waals surface area contributed by atoms with Gasteiger partial charge in [-0.3, -0.25) is 0 Å². The predicted octanol–water partition coefficient (Wildman–Crippen LogP) is 7.47. The molecule has 0 radical (unpaired) electrons. The molecule has 0 saturated carbocycles. The Bertz CT molecular complexity index is 511. The van der Waals surface area contributed by atoms with Crippen molar-refractivity contribution in [2.45, 2.75) is 135 Å². The van der Waals surface area contributed by atoms with Crippen LogP contribution in [-0.4, -0.2) is 26.1 Å². The maximum absolute atomic E-state index is 8.72. The summed E-state index contributed by atoms with van der Waals surface area (Å²) in [5.41, 5.74) is 0. The van der Waals surface area contributed by atoms with E-state index in [9.17, 15) is 0 Å². The van der Waals surface area contributed by atoms with E-state index in [2.05, 4.69) is 64.5 Å². The highest BCUT2D eigenvalue weighted by molar-refractivity contribution is 6.74. The summed E-state index contributed by atoms with van der Waals surface area (Å²) in [5.74, 6) is 13.3. The molecular weight excluding hydrogens is 372 g/mol. The summed E-state index contributed by atoms with van der Waals surface area (Å²) in [6.45, 7) is 14.1. The summed E-state index contributed by atoms with van der Waals surface area (Å²) >= 11 is 0. The molecule has 0 saturated heterocycles. The average molecular weight is 421 g/mol. The third kappa shape index (κ3) is 15.7. The Morgan fingerprint density at radius 3 is 1.83 bits per heavy atom. The maximum Gasteiger partial charge on any atom is 0.193 e. The summed E-state index contributed by atoms with van der Waals surface area (Å²) in [4.78, 5) is 0. The van der Waals surface area contributed by atoms with Crippen LogP contribution >= 0.6 is 0 Å². The molecule has 0 aliphatic carbocycles. The van der Waals surface area contributed by atoms with Gasteiger partial charge in [-0.05, 0) is 50.2 Å². The molecule has 0 rings (SSSR count). The molecule has 0 aromatic rings. The van der Waals surface area contributed by atoms with E-state index < -0.39 is 8.32 Å². The van der Waals surface area contributed by atoms with Crippen LogP contribution in [0.1, 0.15) is 111 Å². The lowest BCUT2D eigenvalue weighted by molar-refractivity contribution is 0.220. The quantitative estimate of drug-likeness (QED) is 0.179. The standard InChI is InChI=1S/C26H48O2Si/c1-7-8-22-25(28-29(5,6)26(2,3)4)23-20-18-16-14-12-10-9-11-13-15-17-19-21-24-27/h25,27H,7-12,14,16-19,21-22,24H2,1-6H3/t25-/m1/s1. The van der Waals surface area contributed by atoms with E-state index in [1.165, 1.54) is 44.9 Å². The van der Waals surface area contributed by atoms with Gasteiger partial charge in [0.1, 0.15) is 6.10 Å². The minimum atomic E-state index is -1.75. The Hall–Kier alpha value is -0.743. The minimum absolute atomic E-state index is 0.117. The molecule has 0 amide bonds. The number of aliphatic hydroxyl groups is 1. The minimum Gasteiger partial charge on any atom is -0.403 e. The van der Waals surface area contributed by atoms with Crippen molar-refractivity contribution < 1.29 is 9.53 Å². The molecule has 1 atom stereocenters. The summed E-state index contributed by atoms with van der Waals surface area (Å²) in [7, 11) is -1.75. The Labute approximate surface area is 183 Å². The van der Waals surface area contributed by atoms with Gasteiger partial charge in [0.25, 0.3) is 0 Å². The molecule has 0 fully saturated rings. The zero-order chi connectivity index (χ0) is 22.0. The van der Waals surface area contributed by atoms with E-state index in [0.717, 1.165) is 38.5 Å². The zero-order valence-corrected chi connectivity index (χ0v) is 21.3. The van der Waals surface area contributed by atoms with Crippen LogP contribution in [-0.2, 0) is 4.43 Å². The van der Waals surface area contributed by atoms with E-state index in [0.29, 0.717) is 0 Å². The van der Waals surface area contributed by atoms with Crippen LogP contribution in [0.4, 0.5) is 0 Å². The van der Waals surface area contributed by atoms with Crippen LogP contribution in [0.25, 0.3) is 0 Å². The van der Waals surface area contributed by atoms with E-state index in [1.807, 2.05) is 0 Å². The molecule has 29 heavy (non-hydrogen) atoms. The Morgan fingerprint density at radius 2 is 1.31 bits per heavy atom. The fraction of sp³-hybridized carbons (Fsp3) is 0.846. The van der Waals surface area contributed by atoms with Gasteiger partial charge in [-0.1, -0.05) is 65.7 Å². The van der Waals surface area contributed by atoms with Crippen molar-refractivity contribution in [1.82, 2.24) is 0 Å². The van der Waals surface area contributed by atoms with Crippen molar-refractivity contribution in [1.29, 1.82) is 0 Å². The summed E-state index contributed by atoms with van der Waals surface area (Å²) in [5, 5.41) is 8.96. The second kappa shape index (κ2) is 17.0. The van der Waals surface area contributed by atoms with E-state index >= 15 is 0 Å². The normalized spacial score (nSPS) is 12.7. The maximum atomic E-state index is 8.72. The van der Waals surface area contributed by atoms with Gasteiger partial charge in [0.15, 0.2) is 8.32 Å². The number of rotatable bonds is 14. The van der Waals surface area contributed by atoms with Crippen molar-refractivity contribution >= 4 is 8.32 Å². The van der Waals surface area contributed by atoms with E-state index in [4.69, 9.17) is 9.53 Å². The molecule has 0 heterocycles. The molecule has 3 heteroatoms. The van der Waals surface area contributed by atoms with E-state index in [-0.39, 0.29) is 17.7 Å². The van der Waals surface area contributed by atoms with E-state index in [1.54, 1.807) is 0 Å². The lowest BCUT2D eigenvalue weighted by Gasteiger charge is -2.38. The van der Waals surface area contributed by atoms with Crippen LogP contribution < -0.4 is 0 Å². The molecule has 0 spiro atoms. The summed E-state index contributed by atoms with van der Waals surface area (Å²) in [6, 6.07) is 0. The van der Waals surface area contributed by atoms with Gasteiger partial charge in [0, 0.05) is 25.9 Å². The smallest absolute Gasteiger partial charge is 0.193 e. The molecule has 0 aromatic heterocycles.